The Hall–Kier alpha value is -2.21. The molecular weight excluding hydrogens is 242 g/mol. The van der Waals surface area contributed by atoms with Crippen LogP contribution in [0.2, 0.25) is 0 Å². The van der Waals surface area contributed by atoms with E-state index in [9.17, 15) is 4.79 Å². The summed E-state index contributed by atoms with van der Waals surface area (Å²) in [5, 5.41) is 10.4. The van der Waals surface area contributed by atoms with Gasteiger partial charge in [0.25, 0.3) is 5.91 Å². The van der Waals surface area contributed by atoms with Crippen LogP contribution in [0.15, 0.2) is 24.5 Å². The van der Waals surface area contributed by atoms with E-state index in [4.69, 9.17) is 0 Å². The molecule has 2 aromatic heterocycles. The molecule has 1 amide bonds. The SMILES string of the molecule is Cn1nc(C(=O)NCc2cccnc2)c2c1CNC2. The summed E-state index contributed by atoms with van der Waals surface area (Å²) >= 11 is 0. The van der Waals surface area contributed by atoms with Gasteiger partial charge < -0.3 is 10.6 Å². The molecule has 0 unspecified atom stereocenters. The van der Waals surface area contributed by atoms with E-state index >= 15 is 0 Å². The third-order valence-corrected chi connectivity index (χ3v) is 3.26. The first-order valence-corrected chi connectivity index (χ1v) is 6.18. The average Bonchev–Trinajstić information content (AvgIpc) is 3.02. The number of hydrogen-bond acceptors (Lipinski definition) is 4. The summed E-state index contributed by atoms with van der Waals surface area (Å²) in [7, 11) is 1.86. The third kappa shape index (κ3) is 2.22. The number of amides is 1. The third-order valence-electron chi connectivity index (χ3n) is 3.26. The van der Waals surface area contributed by atoms with Crippen LogP contribution in [0.5, 0.6) is 0 Å². The van der Waals surface area contributed by atoms with E-state index < -0.39 is 0 Å². The minimum atomic E-state index is -0.135. The van der Waals surface area contributed by atoms with E-state index in [0.717, 1.165) is 23.4 Å². The van der Waals surface area contributed by atoms with Crippen LogP contribution in [0, 0.1) is 0 Å². The van der Waals surface area contributed by atoms with Crippen molar-refractivity contribution in [3.8, 4) is 0 Å². The number of nitrogens with zero attached hydrogens (tertiary/aromatic N) is 3. The smallest absolute Gasteiger partial charge is 0.272 e. The standard InChI is InChI=1S/C13H15N5O/c1-18-11-8-15-7-10(11)12(17-18)13(19)16-6-9-3-2-4-14-5-9/h2-5,15H,6-8H2,1H3,(H,16,19). The molecule has 1 aliphatic heterocycles. The van der Waals surface area contributed by atoms with E-state index in [1.165, 1.54) is 0 Å². The molecule has 6 nitrogen and oxygen atoms in total. The number of hydrogen-bond donors (Lipinski definition) is 2. The van der Waals surface area contributed by atoms with Crippen molar-refractivity contribution in [2.24, 2.45) is 7.05 Å². The summed E-state index contributed by atoms with van der Waals surface area (Å²) in [6.45, 7) is 1.94. The lowest BCUT2D eigenvalue weighted by atomic mass is 10.2. The van der Waals surface area contributed by atoms with Crippen molar-refractivity contribution in [3.63, 3.8) is 0 Å². The predicted molar refractivity (Wildman–Crippen MR) is 69.2 cm³/mol. The Morgan fingerprint density at radius 3 is 3.21 bits per heavy atom. The molecule has 2 aromatic rings. The number of pyridine rings is 1. The van der Waals surface area contributed by atoms with Gasteiger partial charge in [0, 0.05) is 44.6 Å². The van der Waals surface area contributed by atoms with Crippen molar-refractivity contribution in [2.45, 2.75) is 19.6 Å². The first kappa shape index (κ1) is 11.9. The van der Waals surface area contributed by atoms with Crippen molar-refractivity contribution in [1.82, 2.24) is 25.4 Å². The number of carbonyl (C=O) groups is 1. The summed E-state index contributed by atoms with van der Waals surface area (Å²) in [5.74, 6) is -0.135. The summed E-state index contributed by atoms with van der Waals surface area (Å²) in [4.78, 5) is 16.2. The second-order valence-electron chi connectivity index (χ2n) is 4.54. The molecule has 3 rings (SSSR count). The first-order valence-electron chi connectivity index (χ1n) is 6.18. The quantitative estimate of drug-likeness (QED) is 0.832. The normalized spacial score (nSPS) is 13.3. The lowest BCUT2D eigenvalue weighted by molar-refractivity contribution is 0.0944. The Balaban J connectivity index is 1.73. The molecule has 6 heteroatoms. The lowest BCUT2D eigenvalue weighted by Gasteiger charge is -2.04. The Kier molecular flexibility index (Phi) is 3.00. The molecule has 98 valence electrons. The van der Waals surface area contributed by atoms with Crippen LogP contribution in [-0.2, 0) is 26.7 Å². The minimum absolute atomic E-state index is 0.135. The van der Waals surface area contributed by atoms with E-state index in [2.05, 4.69) is 20.7 Å². The van der Waals surface area contributed by atoms with E-state index in [0.29, 0.717) is 18.8 Å². The number of rotatable bonds is 3. The fourth-order valence-electron chi connectivity index (χ4n) is 2.27. The molecule has 1 aliphatic rings. The second kappa shape index (κ2) is 4.81. The Bertz CT molecular complexity index is 605. The Morgan fingerprint density at radius 2 is 2.42 bits per heavy atom. The highest BCUT2D eigenvalue weighted by molar-refractivity contribution is 5.94. The number of aryl methyl sites for hydroxylation is 1. The van der Waals surface area contributed by atoms with E-state index in [1.54, 1.807) is 17.1 Å². The van der Waals surface area contributed by atoms with Crippen molar-refractivity contribution in [3.05, 3.63) is 47.0 Å². The lowest BCUT2D eigenvalue weighted by Crippen LogP contribution is -2.25. The van der Waals surface area contributed by atoms with Crippen LogP contribution >= 0.6 is 0 Å². The van der Waals surface area contributed by atoms with Gasteiger partial charge in [0.15, 0.2) is 5.69 Å². The fraction of sp³-hybridized carbons (Fsp3) is 0.308. The van der Waals surface area contributed by atoms with Gasteiger partial charge in [-0.25, -0.2) is 0 Å². The van der Waals surface area contributed by atoms with Gasteiger partial charge in [0.05, 0.1) is 5.69 Å². The highest BCUT2D eigenvalue weighted by Crippen LogP contribution is 2.18. The zero-order chi connectivity index (χ0) is 13.2. The van der Waals surface area contributed by atoms with Crippen LogP contribution in [0.25, 0.3) is 0 Å². The van der Waals surface area contributed by atoms with Crippen molar-refractivity contribution >= 4 is 5.91 Å². The van der Waals surface area contributed by atoms with Crippen molar-refractivity contribution in [1.29, 1.82) is 0 Å². The summed E-state index contributed by atoms with van der Waals surface area (Å²) in [5.41, 5.74) is 3.59. The van der Waals surface area contributed by atoms with Gasteiger partial charge in [-0.2, -0.15) is 5.10 Å². The van der Waals surface area contributed by atoms with E-state index in [-0.39, 0.29) is 5.91 Å². The predicted octanol–water partition coefficient (Wildman–Crippen LogP) is 0.348. The van der Waals surface area contributed by atoms with Gasteiger partial charge in [0.1, 0.15) is 0 Å². The molecule has 0 aromatic carbocycles. The van der Waals surface area contributed by atoms with Gasteiger partial charge in [0.2, 0.25) is 0 Å². The molecule has 0 aliphatic carbocycles. The van der Waals surface area contributed by atoms with Gasteiger partial charge in [-0.1, -0.05) is 6.07 Å². The molecule has 0 fully saturated rings. The van der Waals surface area contributed by atoms with Crippen molar-refractivity contribution < 1.29 is 4.79 Å². The van der Waals surface area contributed by atoms with Crippen LogP contribution in [-0.4, -0.2) is 20.7 Å². The zero-order valence-corrected chi connectivity index (χ0v) is 10.7. The first-order chi connectivity index (χ1) is 9.25. The second-order valence-corrected chi connectivity index (χ2v) is 4.54. The molecule has 0 spiro atoms. The Labute approximate surface area is 110 Å². The van der Waals surface area contributed by atoms with Crippen LogP contribution in [0.3, 0.4) is 0 Å². The maximum absolute atomic E-state index is 12.2. The molecular formula is C13H15N5O. The van der Waals surface area contributed by atoms with Crippen LogP contribution in [0.4, 0.5) is 0 Å². The maximum atomic E-state index is 12.2. The van der Waals surface area contributed by atoms with Crippen molar-refractivity contribution in [2.75, 3.05) is 0 Å². The van der Waals surface area contributed by atoms with Gasteiger partial charge in [-0.15, -0.1) is 0 Å². The van der Waals surface area contributed by atoms with Gasteiger partial charge in [-0.05, 0) is 11.6 Å². The molecule has 0 atom stereocenters. The topological polar surface area (TPSA) is 71.8 Å². The number of carbonyl (C=O) groups excluding carboxylic acids is 1. The molecule has 0 saturated carbocycles. The number of nitrogens with one attached hydrogen (secondary N) is 2. The maximum Gasteiger partial charge on any atom is 0.272 e. The fourth-order valence-corrected chi connectivity index (χ4v) is 2.27. The van der Waals surface area contributed by atoms with Crippen LogP contribution in [0.1, 0.15) is 27.3 Å². The summed E-state index contributed by atoms with van der Waals surface area (Å²) < 4.78 is 1.77. The molecule has 2 N–H and O–H groups in total. The zero-order valence-electron chi connectivity index (χ0n) is 10.7. The van der Waals surface area contributed by atoms with E-state index in [1.807, 2.05) is 19.2 Å². The molecule has 0 radical (unpaired) electrons. The van der Waals surface area contributed by atoms with Gasteiger partial charge >= 0.3 is 0 Å². The average molecular weight is 257 g/mol. The monoisotopic (exact) mass is 257 g/mol. The summed E-state index contributed by atoms with van der Waals surface area (Å²) in [6.07, 6.45) is 3.45. The largest absolute Gasteiger partial charge is 0.346 e. The van der Waals surface area contributed by atoms with Crippen LogP contribution < -0.4 is 10.6 Å². The molecule has 19 heavy (non-hydrogen) atoms. The molecule has 3 heterocycles. The summed E-state index contributed by atoms with van der Waals surface area (Å²) in [6, 6.07) is 3.78. The minimum Gasteiger partial charge on any atom is -0.346 e. The Morgan fingerprint density at radius 1 is 1.53 bits per heavy atom. The number of aromatic nitrogens is 3. The van der Waals surface area contributed by atoms with Gasteiger partial charge in [-0.3, -0.25) is 14.5 Å². The molecule has 0 bridgehead atoms. The molecule has 0 saturated heterocycles. The highest BCUT2D eigenvalue weighted by atomic mass is 16.1. The highest BCUT2D eigenvalue weighted by Gasteiger charge is 2.24. The number of fused-ring (bicyclic) bond motifs is 1.